The highest BCUT2D eigenvalue weighted by Crippen LogP contribution is 2.19. The standard InChI is InChI=1S/C15H21NO4/c1-19-13-4-6-14(7-5-13)20-10-8-15(18)16-9-2-3-12(16)11-17/h4-7,12,17H,2-3,8-11H2,1H3/t12-/m1/s1. The Kier molecular flexibility index (Phi) is 5.24. The highest BCUT2D eigenvalue weighted by molar-refractivity contribution is 5.77. The van der Waals surface area contributed by atoms with Gasteiger partial charge in [0.2, 0.25) is 5.91 Å². The normalized spacial score (nSPS) is 18.1. The van der Waals surface area contributed by atoms with Gasteiger partial charge in [-0.25, -0.2) is 0 Å². The topological polar surface area (TPSA) is 59.0 Å². The SMILES string of the molecule is COc1ccc(OCCC(=O)N2CCC[C@@H]2CO)cc1. The molecule has 1 N–H and O–H groups in total. The van der Waals surface area contributed by atoms with Crippen molar-refractivity contribution in [1.82, 2.24) is 4.90 Å². The van der Waals surface area contributed by atoms with Crippen molar-refractivity contribution in [3.05, 3.63) is 24.3 Å². The molecule has 110 valence electrons. The summed E-state index contributed by atoms with van der Waals surface area (Å²) in [6.07, 6.45) is 2.19. The van der Waals surface area contributed by atoms with Crippen LogP contribution in [0.2, 0.25) is 0 Å². The first-order valence-electron chi connectivity index (χ1n) is 6.91. The Morgan fingerprint density at radius 2 is 2.05 bits per heavy atom. The van der Waals surface area contributed by atoms with Crippen LogP contribution in [0, 0.1) is 0 Å². The molecule has 0 spiro atoms. The van der Waals surface area contributed by atoms with Gasteiger partial charge in [-0.1, -0.05) is 0 Å². The number of hydrogen-bond donors (Lipinski definition) is 1. The van der Waals surface area contributed by atoms with Crippen LogP contribution in [-0.2, 0) is 4.79 Å². The third kappa shape index (κ3) is 3.63. The van der Waals surface area contributed by atoms with Crippen molar-refractivity contribution in [2.24, 2.45) is 0 Å². The van der Waals surface area contributed by atoms with Crippen LogP contribution in [0.25, 0.3) is 0 Å². The Balaban J connectivity index is 1.76. The zero-order chi connectivity index (χ0) is 14.4. The van der Waals surface area contributed by atoms with E-state index in [4.69, 9.17) is 9.47 Å². The molecule has 0 saturated carbocycles. The van der Waals surface area contributed by atoms with Crippen molar-refractivity contribution in [3.8, 4) is 11.5 Å². The van der Waals surface area contributed by atoms with Gasteiger partial charge in [0.15, 0.2) is 0 Å². The van der Waals surface area contributed by atoms with E-state index in [1.54, 1.807) is 12.0 Å². The summed E-state index contributed by atoms with van der Waals surface area (Å²) in [6.45, 7) is 1.14. The molecule has 1 aromatic rings. The van der Waals surface area contributed by atoms with Crippen molar-refractivity contribution >= 4 is 5.91 Å². The molecule has 0 aromatic heterocycles. The fourth-order valence-electron chi connectivity index (χ4n) is 2.43. The number of nitrogens with zero attached hydrogens (tertiary/aromatic N) is 1. The summed E-state index contributed by atoms with van der Waals surface area (Å²) in [4.78, 5) is 13.8. The van der Waals surface area contributed by atoms with Gasteiger partial charge in [0, 0.05) is 6.54 Å². The van der Waals surface area contributed by atoms with Crippen molar-refractivity contribution in [2.45, 2.75) is 25.3 Å². The zero-order valence-electron chi connectivity index (χ0n) is 11.7. The summed E-state index contributed by atoms with van der Waals surface area (Å²) >= 11 is 0. The first-order valence-corrected chi connectivity index (χ1v) is 6.91. The van der Waals surface area contributed by atoms with Crippen LogP contribution in [-0.4, -0.2) is 48.8 Å². The Hall–Kier alpha value is -1.75. The predicted molar refractivity (Wildman–Crippen MR) is 74.9 cm³/mol. The number of ether oxygens (including phenoxy) is 2. The van der Waals surface area contributed by atoms with Crippen LogP contribution in [0.1, 0.15) is 19.3 Å². The second-order valence-electron chi connectivity index (χ2n) is 4.84. The van der Waals surface area contributed by atoms with E-state index in [-0.39, 0.29) is 18.6 Å². The smallest absolute Gasteiger partial charge is 0.226 e. The summed E-state index contributed by atoms with van der Waals surface area (Å²) in [7, 11) is 1.61. The van der Waals surface area contributed by atoms with Crippen LogP contribution in [0.5, 0.6) is 11.5 Å². The fraction of sp³-hybridized carbons (Fsp3) is 0.533. The number of carbonyl (C=O) groups excluding carboxylic acids is 1. The van der Waals surface area contributed by atoms with Crippen molar-refractivity contribution in [1.29, 1.82) is 0 Å². The van der Waals surface area contributed by atoms with E-state index in [1.807, 2.05) is 24.3 Å². The van der Waals surface area contributed by atoms with Crippen molar-refractivity contribution in [2.75, 3.05) is 26.9 Å². The van der Waals surface area contributed by atoms with Crippen LogP contribution < -0.4 is 9.47 Å². The number of methoxy groups -OCH3 is 1. The van der Waals surface area contributed by atoms with Gasteiger partial charge in [0.25, 0.3) is 0 Å². The van der Waals surface area contributed by atoms with Gasteiger partial charge >= 0.3 is 0 Å². The Labute approximate surface area is 119 Å². The van der Waals surface area contributed by atoms with E-state index >= 15 is 0 Å². The number of benzene rings is 1. The van der Waals surface area contributed by atoms with Crippen LogP contribution in [0.3, 0.4) is 0 Å². The lowest BCUT2D eigenvalue weighted by Crippen LogP contribution is -2.38. The summed E-state index contributed by atoms with van der Waals surface area (Å²) in [6, 6.07) is 7.26. The monoisotopic (exact) mass is 279 g/mol. The second kappa shape index (κ2) is 7.14. The summed E-state index contributed by atoms with van der Waals surface area (Å²) in [5, 5.41) is 9.20. The van der Waals surface area contributed by atoms with Gasteiger partial charge in [0.05, 0.1) is 32.8 Å². The van der Waals surface area contributed by atoms with E-state index in [0.29, 0.717) is 13.0 Å². The molecule has 0 radical (unpaired) electrons. The number of hydrogen-bond acceptors (Lipinski definition) is 4. The number of carbonyl (C=O) groups is 1. The molecule has 1 aromatic carbocycles. The number of aliphatic hydroxyl groups is 1. The minimum Gasteiger partial charge on any atom is -0.497 e. The lowest BCUT2D eigenvalue weighted by Gasteiger charge is -2.23. The van der Waals surface area contributed by atoms with Crippen molar-refractivity contribution < 1.29 is 19.4 Å². The predicted octanol–water partition coefficient (Wildman–Crippen LogP) is 1.45. The van der Waals surface area contributed by atoms with E-state index in [2.05, 4.69) is 0 Å². The molecule has 1 aliphatic heterocycles. The molecule has 0 aliphatic carbocycles. The minimum atomic E-state index is -0.0107. The summed E-state index contributed by atoms with van der Waals surface area (Å²) < 4.78 is 10.6. The van der Waals surface area contributed by atoms with Gasteiger partial charge in [0.1, 0.15) is 11.5 Å². The molecule has 1 aliphatic rings. The molecule has 1 heterocycles. The molecule has 5 nitrogen and oxygen atoms in total. The maximum absolute atomic E-state index is 12.0. The van der Waals surface area contributed by atoms with E-state index in [9.17, 15) is 9.90 Å². The van der Waals surface area contributed by atoms with Gasteiger partial charge < -0.3 is 19.5 Å². The molecule has 1 saturated heterocycles. The first-order chi connectivity index (χ1) is 9.74. The summed E-state index contributed by atoms with van der Waals surface area (Å²) in [5.74, 6) is 1.55. The van der Waals surface area contributed by atoms with Gasteiger partial charge in [-0.05, 0) is 37.1 Å². The highest BCUT2D eigenvalue weighted by atomic mass is 16.5. The minimum absolute atomic E-state index is 0.0107. The first kappa shape index (κ1) is 14.7. The molecule has 2 rings (SSSR count). The maximum atomic E-state index is 12.0. The molecular weight excluding hydrogens is 258 g/mol. The van der Waals surface area contributed by atoms with E-state index < -0.39 is 0 Å². The molecule has 1 amide bonds. The van der Waals surface area contributed by atoms with E-state index in [0.717, 1.165) is 30.9 Å². The molecular formula is C15H21NO4. The molecule has 0 bridgehead atoms. The van der Waals surface area contributed by atoms with Crippen LogP contribution >= 0.6 is 0 Å². The molecule has 5 heteroatoms. The maximum Gasteiger partial charge on any atom is 0.226 e. The number of aliphatic hydroxyl groups excluding tert-OH is 1. The lowest BCUT2D eigenvalue weighted by molar-refractivity contribution is -0.133. The van der Waals surface area contributed by atoms with Gasteiger partial charge in [-0.2, -0.15) is 0 Å². The van der Waals surface area contributed by atoms with Gasteiger partial charge in [-0.3, -0.25) is 4.79 Å². The Morgan fingerprint density at radius 1 is 1.35 bits per heavy atom. The lowest BCUT2D eigenvalue weighted by atomic mass is 10.2. The molecule has 20 heavy (non-hydrogen) atoms. The molecule has 1 fully saturated rings. The zero-order valence-corrected chi connectivity index (χ0v) is 11.7. The van der Waals surface area contributed by atoms with Crippen LogP contribution in [0.15, 0.2) is 24.3 Å². The number of likely N-dealkylation sites (tertiary alicyclic amines) is 1. The molecule has 0 unspecified atom stereocenters. The summed E-state index contributed by atoms with van der Waals surface area (Å²) in [5.41, 5.74) is 0. The third-order valence-corrected chi connectivity index (χ3v) is 3.55. The van der Waals surface area contributed by atoms with E-state index in [1.165, 1.54) is 0 Å². The number of amides is 1. The molecule has 1 atom stereocenters. The quantitative estimate of drug-likeness (QED) is 0.856. The van der Waals surface area contributed by atoms with Crippen LogP contribution in [0.4, 0.5) is 0 Å². The van der Waals surface area contributed by atoms with Crippen molar-refractivity contribution in [3.63, 3.8) is 0 Å². The van der Waals surface area contributed by atoms with Gasteiger partial charge in [-0.15, -0.1) is 0 Å². The average Bonchev–Trinajstić information content (AvgIpc) is 2.96. The largest absolute Gasteiger partial charge is 0.497 e. The Morgan fingerprint density at radius 3 is 2.70 bits per heavy atom. The third-order valence-electron chi connectivity index (χ3n) is 3.55. The second-order valence-corrected chi connectivity index (χ2v) is 4.84. The Bertz CT molecular complexity index is 432. The fourth-order valence-corrected chi connectivity index (χ4v) is 2.43. The average molecular weight is 279 g/mol. The number of rotatable bonds is 6. The highest BCUT2D eigenvalue weighted by Gasteiger charge is 2.27.